The van der Waals surface area contributed by atoms with E-state index >= 15 is 0 Å². The van der Waals surface area contributed by atoms with E-state index in [0.717, 1.165) is 18.8 Å². The maximum absolute atomic E-state index is 5.64. The van der Waals surface area contributed by atoms with Crippen LogP contribution in [0.25, 0.3) is 0 Å². The number of hydrogen-bond donors (Lipinski definition) is 1. The van der Waals surface area contributed by atoms with Gasteiger partial charge in [0, 0.05) is 37.6 Å². The Hall–Kier alpha value is -1.13. The minimum absolute atomic E-state index is 0.514. The molecule has 17 heavy (non-hydrogen) atoms. The quantitative estimate of drug-likeness (QED) is 0.846. The van der Waals surface area contributed by atoms with Gasteiger partial charge in [0.1, 0.15) is 0 Å². The van der Waals surface area contributed by atoms with Crippen LogP contribution in [-0.4, -0.2) is 43.1 Å². The second-order valence-corrected chi connectivity index (χ2v) is 4.96. The van der Waals surface area contributed by atoms with E-state index in [2.05, 4.69) is 41.0 Å². The zero-order valence-corrected chi connectivity index (χ0v) is 10.8. The molecule has 0 saturated carbocycles. The van der Waals surface area contributed by atoms with E-state index in [-0.39, 0.29) is 0 Å². The van der Waals surface area contributed by atoms with Crippen LogP contribution in [0.4, 0.5) is 5.69 Å². The average molecular weight is 234 g/mol. The number of pyridine rings is 1. The van der Waals surface area contributed by atoms with Crippen LogP contribution in [0.1, 0.15) is 18.5 Å². The van der Waals surface area contributed by atoms with E-state index in [1.807, 2.05) is 6.20 Å². The van der Waals surface area contributed by atoms with Crippen molar-refractivity contribution in [2.24, 2.45) is 5.73 Å². The summed E-state index contributed by atoms with van der Waals surface area (Å²) in [5.41, 5.74) is 7.88. The number of rotatable bonds is 4. The normalized spacial score (nSPS) is 20.2. The van der Waals surface area contributed by atoms with Crippen molar-refractivity contribution in [1.82, 2.24) is 9.88 Å². The lowest BCUT2D eigenvalue weighted by atomic mass is 10.2. The Morgan fingerprint density at radius 2 is 2.35 bits per heavy atom. The minimum atomic E-state index is 0.514. The number of nitrogens with zero attached hydrogens (tertiary/aromatic N) is 3. The fourth-order valence-corrected chi connectivity index (χ4v) is 2.54. The van der Waals surface area contributed by atoms with Gasteiger partial charge < -0.3 is 15.5 Å². The Labute approximate surface area is 103 Å². The molecule has 1 saturated heterocycles. The molecule has 0 bridgehead atoms. The Morgan fingerprint density at radius 1 is 1.53 bits per heavy atom. The summed E-state index contributed by atoms with van der Waals surface area (Å²) in [6.45, 7) is 2.77. The lowest BCUT2D eigenvalue weighted by Gasteiger charge is -2.29. The van der Waals surface area contributed by atoms with Gasteiger partial charge in [-0.15, -0.1) is 0 Å². The number of anilines is 1. The molecule has 0 amide bonds. The smallest absolute Gasteiger partial charge is 0.0560 e. The molecule has 94 valence electrons. The van der Waals surface area contributed by atoms with Gasteiger partial charge in [0.15, 0.2) is 0 Å². The van der Waals surface area contributed by atoms with Gasteiger partial charge in [-0.05, 0) is 39.1 Å². The largest absolute Gasteiger partial charge is 0.367 e. The number of hydrogen-bond acceptors (Lipinski definition) is 4. The molecule has 0 spiro atoms. The second-order valence-electron chi connectivity index (χ2n) is 4.96. The number of aromatic nitrogens is 1. The van der Waals surface area contributed by atoms with Gasteiger partial charge >= 0.3 is 0 Å². The molecule has 0 radical (unpaired) electrons. The summed E-state index contributed by atoms with van der Waals surface area (Å²) in [6, 6.07) is 4.83. The van der Waals surface area contributed by atoms with Crippen molar-refractivity contribution in [3.63, 3.8) is 0 Å². The van der Waals surface area contributed by atoms with E-state index in [1.165, 1.54) is 18.5 Å². The standard InChI is InChI=1S/C13H22N4/c1-16(2)10-13-4-3-7-17(13)12-5-6-15-11(8-12)9-14/h5-6,8,13H,3-4,7,9-10,14H2,1-2H3. The highest BCUT2D eigenvalue weighted by molar-refractivity contribution is 5.48. The van der Waals surface area contributed by atoms with Gasteiger partial charge in [-0.25, -0.2) is 0 Å². The van der Waals surface area contributed by atoms with E-state index in [0.29, 0.717) is 12.6 Å². The highest BCUT2D eigenvalue weighted by Crippen LogP contribution is 2.25. The van der Waals surface area contributed by atoms with E-state index in [4.69, 9.17) is 5.73 Å². The van der Waals surface area contributed by atoms with Crippen molar-refractivity contribution in [2.75, 3.05) is 32.1 Å². The fraction of sp³-hybridized carbons (Fsp3) is 0.615. The van der Waals surface area contributed by atoms with Crippen molar-refractivity contribution in [3.8, 4) is 0 Å². The maximum Gasteiger partial charge on any atom is 0.0560 e. The third kappa shape index (κ3) is 2.96. The first kappa shape index (κ1) is 12.3. The van der Waals surface area contributed by atoms with Crippen LogP contribution >= 0.6 is 0 Å². The predicted molar refractivity (Wildman–Crippen MR) is 71.1 cm³/mol. The molecule has 1 aromatic rings. The zero-order valence-electron chi connectivity index (χ0n) is 10.8. The van der Waals surface area contributed by atoms with Crippen LogP contribution in [0.2, 0.25) is 0 Å². The van der Waals surface area contributed by atoms with Crippen LogP contribution in [-0.2, 0) is 6.54 Å². The maximum atomic E-state index is 5.64. The summed E-state index contributed by atoms with van der Waals surface area (Å²) >= 11 is 0. The first-order chi connectivity index (χ1) is 8.20. The molecule has 1 atom stereocenters. The highest BCUT2D eigenvalue weighted by Gasteiger charge is 2.25. The van der Waals surface area contributed by atoms with Crippen molar-refractivity contribution in [1.29, 1.82) is 0 Å². The summed E-state index contributed by atoms with van der Waals surface area (Å²) in [7, 11) is 4.27. The summed E-state index contributed by atoms with van der Waals surface area (Å²) in [5.74, 6) is 0. The summed E-state index contributed by atoms with van der Waals surface area (Å²) in [5, 5.41) is 0. The van der Waals surface area contributed by atoms with Gasteiger partial charge in [-0.1, -0.05) is 0 Å². The van der Waals surface area contributed by atoms with Crippen molar-refractivity contribution in [3.05, 3.63) is 24.0 Å². The van der Waals surface area contributed by atoms with Crippen molar-refractivity contribution in [2.45, 2.75) is 25.4 Å². The molecule has 0 aliphatic carbocycles. The SMILES string of the molecule is CN(C)CC1CCCN1c1ccnc(CN)c1. The van der Waals surface area contributed by atoms with E-state index in [9.17, 15) is 0 Å². The third-order valence-corrected chi connectivity index (χ3v) is 3.29. The second kappa shape index (κ2) is 5.47. The van der Waals surface area contributed by atoms with E-state index < -0.39 is 0 Å². The van der Waals surface area contributed by atoms with Crippen molar-refractivity contribution >= 4 is 5.69 Å². The molecule has 2 N–H and O–H groups in total. The summed E-state index contributed by atoms with van der Waals surface area (Å²) < 4.78 is 0. The molecule has 1 unspecified atom stereocenters. The van der Waals surface area contributed by atoms with Gasteiger partial charge in [0.25, 0.3) is 0 Å². The van der Waals surface area contributed by atoms with E-state index in [1.54, 1.807) is 0 Å². The van der Waals surface area contributed by atoms with Crippen LogP contribution < -0.4 is 10.6 Å². The van der Waals surface area contributed by atoms with Crippen LogP contribution in [0.15, 0.2) is 18.3 Å². The molecule has 2 rings (SSSR count). The minimum Gasteiger partial charge on any atom is -0.367 e. The fourth-order valence-electron chi connectivity index (χ4n) is 2.54. The molecular formula is C13H22N4. The first-order valence-corrected chi connectivity index (χ1v) is 6.27. The highest BCUT2D eigenvalue weighted by atomic mass is 15.2. The number of nitrogens with two attached hydrogens (primary N) is 1. The van der Waals surface area contributed by atoms with Crippen LogP contribution in [0.5, 0.6) is 0 Å². The molecule has 1 aromatic heterocycles. The van der Waals surface area contributed by atoms with Gasteiger partial charge in [0.05, 0.1) is 5.69 Å². The van der Waals surface area contributed by atoms with Gasteiger partial charge in [0.2, 0.25) is 0 Å². The Morgan fingerprint density at radius 3 is 3.06 bits per heavy atom. The molecule has 1 aliphatic heterocycles. The molecular weight excluding hydrogens is 212 g/mol. The monoisotopic (exact) mass is 234 g/mol. The summed E-state index contributed by atoms with van der Waals surface area (Å²) in [4.78, 5) is 9.00. The first-order valence-electron chi connectivity index (χ1n) is 6.27. The molecule has 4 nitrogen and oxygen atoms in total. The zero-order chi connectivity index (χ0) is 12.3. The Bertz CT molecular complexity index is 364. The molecule has 1 fully saturated rings. The summed E-state index contributed by atoms with van der Waals surface area (Å²) in [6.07, 6.45) is 4.42. The average Bonchev–Trinajstić information content (AvgIpc) is 2.76. The number of likely N-dealkylation sites (N-methyl/N-ethyl adjacent to an activating group) is 1. The molecule has 0 aromatic carbocycles. The van der Waals surface area contributed by atoms with Crippen LogP contribution in [0, 0.1) is 0 Å². The van der Waals surface area contributed by atoms with Gasteiger partial charge in [-0.2, -0.15) is 0 Å². The Kier molecular flexibility index (Phi) is 3.97. The molecule has 1 aliphatic rings. The van der Waals surface area contributed by atoms with Gasteiger partial charge in [-0.3, -0.25) is 4.98 Å². The molecule has 4 heteroatoms. The van der Waals surface area contributed by atoms with Crippen LogP contribution in [0.3, 0.4) is 0 Å². The lowest BCUT2D eigenvalue weighted by Crippen LogP contribution is -2.37. The Balaban J connectivity index is 2.14. The predicted octanol–water partition coefficient (Wildman–Crippen LogP) is 1.07. The third-order valence-electron chi connectivity index (χ3n) is 3.29. The molecule has 2 heterocycles. The van der Waals surface area contributed by atoms with Crippen molar-refractivity contribution < 1.29 is 0 Å². The lowest BCUT2D eigenvalue weighted by molar-refractivity contribution is 0.372. The topological polar surface area (TPSA) is 45.4 Å².